The Bertz CT molecular complexity index is 712. The number of carbonyl (C=O) groups excluding carboxylic acids is 1. The minimum atomic E-state index is 0.0673. The van der Waals surface area contributed by atoms with Gasteiger partial charge < -0.3 is 5.32 Å². The number of hydrogen-bond acceptors (Lipinski definition) is 4. The smallest absolute Gasteiger partial charge is 0.230 e. The number of amides is 1. The number of H-pyrrole nitrogens is 1. The van der Waals surface area contributed by atoms with Gasteiger partial charge in [-0.05, 0) is 25.2 Å². The number of aromatic amines is 1. The van der Waals surface area contributed by atoms with Gasteiger partial charge >= 0.3 is 0 Å². The number of hydrogen-bond donors (Lipinski definition) is 2. The number of nitrogens with zero attached hydrogens (tertiary/aromatic N) is 2. The van der Waals surface area contributed by atoms with Crippen LogP contribution < -0.4 is 5.32 Å². The van der Waals surface area contributed by atoms with E-state index in [1.54, 1.807) is 0 Å². The zero-order valence-electron chi connectivity index (χ0n) is 15.1. The van der Waals surface area contributed by atoms with E-state index in [1.165, 1.54) is 30.2 Å². The van der Waals surface area contributed by atoms with Gasteiger partial charge in [0.1, 0.15) is 0 Å². The molecule has 2 aromatic rings. The third-order valence-corrected chi connectivity index (χ3v) is 6.02. The van der Waals surface area contributed by atoms with Crippen molar-refractivity contribution in [2.24, 2.45) is 11.8 Å². The maximum Gasteiger partial charge on any atom is 0.230 e. The van der Waals surface area contributed by atoms with Crippen LogP contribution in [0.1, 0.15) is 38.7 Å². The van der Waals surface area contributed by atoms with Gasteiger partial charge in [0.25, 0.3) is 0 Å². The lowest BCUT2D eigenvalue weighted by molar-refractivity contribution is -0.120. The van der Waals surface area contributed by atoms with E-state index < -0.39 is 0 Å². The maximum atomic E-state index is 12.3. The summed E-state index contributed by atoms with van der Waals surface area (Å²) in [5.74, 6) is 2.37. The molecular weight excluding hydrogens is 332 g/mol. The molecule has 1 aliphatic carbocycles. The van der Waals surface area contributed by atoms with E-state index in [9.17, 15) is 4.79 Å². The van der Waals surface area contributed by atoms with Crippen LogP contribution in [0.4, 0.5) is 0 Å². The number of aryl methyl sites for hydroxylation is 1. The first kappa shape index (κ1) is 18.0. The molecule has 0 unspecified atom stereocenters. The number of nitrogens with one attached hydrogen (secondary N) is 2. The van der Waals surface area contributed by atoms with Gasteiger partial charge in [-0.25, -0.2) is 4.98 Å². The van der Waals surface area contributed by atoms with Gasteiger partial charge in [-0.1, -0.05) is 68.3 Å². The fourth-order valence-electron chi connectivity index (χ4n) is 3.32. The Hall–Kier alpha value is -1.82. The lowest BCUT2D eigenvalue weighted by Gasteiger charge is -2.34. The monoisotopic (exact) mass is 358 g/mol. The molecule has 0 bridgehead atoms. The summed E-state index contributed by atoms with van der Waals surface area (Å²) in [5, 5.41) is 10.9. The van der Waals surface area contributed by atoms with Crippen LogP contribution in [0.15, 0.2) is 29.4 Å². The zero-order chi connectivity index (χ0) is 17.8. The topological polar surface area (TPSA) is 70.7 Å². The summed E-state index contributed by atoms with van der Waals surface area (Å²) in [6, 6.07) is 8.42. The Morgan fingerprint density at radius 2 is 2.04 bits per heavy atom. The second-order valence-electron chi connectivity index (χ2n) is 7.06. The van der Waals surface area contributed by atoms with E-state index in [4.69, 9.17) is 0 Å². The van der Waals surface area contributed by atoms with Crippen LogP contribution in [-0.4, -0.2) is 32.9 Å². The fourth-order valence-corrected chi connectivity index (χ4v) is 3.93. The Morgan fingerprint density at radius 3 is 2.80 bits per heavy atom. The molecule has 5 nitrogen and oxygen atoms in total. The first-order valence-electron chi connectivity index (χ1n) is 8.94. The molecule has 1 fully saturated rings. The molecule has 1 heterocycles. The fraction of sp³-hybridized carbons (Fsp3) is 0.526. The second kappa shape index (κ2) is 8.04. The summed E-state index contributed by atoms with van der Waals surface area (Å²) in [4.78, 5) is 16.7. The lowest BCUT2D eigenvalue weighted by Crippen LogP contribution is -2.44. The van der Waals surface area contributed by atoms with Crippen molar-refractivity contribution >= 4 is 17.7 Å². The molecule has 1 aromatic heterocycles. The standard InChI is InChI=1S/C19H26N4OS/c1-12-7-9-15(10-8-12)18-21-19(23-22-18)25-11-17(24)20-16-6-4-5-13(2)14(16)3/h7-10,13-14,16H,4-6,11H2,1-3H3,(H,20,24)(H,21,22,23)/t13-,14+,16-/m1/s1. The Morgan fingerprint density at radius 1 is 1.28 bits per heavy atom. The third-order valence-electron chi connectivity index (χ3n) is 5.18. The molecule has 25 heavy (non-hydrogen) atoms. The van der Waals surface area contributed by atoms with Gasteiger partial charge in [0, 0.05) is 11.6 Å². The van der Waals surface area contributed by atoms with E-state index in [-0.39, 0.29) is 5.91 Å². The van der Waals surface area contributed by atoms with Crippen molar-refractivity contribution in [3.63, 3.8) is 0 Å². The third kappa shape index (κ3) is 4.63. The summed E-state index contributed by atoms with van der Waals surface area (Å²) in [6.45, 7) is 6.57. The quantitative estimate of drug-likeness (QED) is 0.797. The molecule has 1 amide bonds. The Labute approximate surface area is 153 Å². The number of aromatic nitrogens is 3. The summed E-state index contributed by atoms with van der Waals surface area (Å²) in [5.41, 5.74) is 2.21. The van der Waals surface area contributed by atoms with Crippen LogP contribution in [0.5, 0.6) is 0 Å². The Balaban J connectivity index is 1.52. The van der Waals surface area contributed by atoms with Crippen LogP contribution in [-0.2, 0) is 4.79 Å². The maximum absolute atomic E-state index is 12.3. The van der Waals surface area contributed by atoms with Gasteiger partial charge in [0.15, 0.2) is 5.82 Å². The highest BCUT2D eigenvalue weighted by atomic mass is 32.2. The molecule has 0 aliphatic heterocycles. The van der Waals surface area contributed by atoms with Crippen LogP contribution in [0.25, 0.3) is 11.4 Å². The van der Waals surface area contributed by atoms with E-state index in [1.807, 2.05) is 24.3 Å². The van der Waals surface area contributed by atoms with E-state index >= 15 is 0 Å². The SMILES string of the molecule is Cc1ccc(-c2nc(SCC(=O)N[C@@H]3CCC[C@@H](C)[C@@H]3C)n[nH]2)cc1. The van der Waals surface area contributed by atoms with Crippen LogP contribution >= 0.6 is 11.8 Å². The normalized spacial score (nSPS) is 23.4. The van der Waals surface area contributed by atoms with Crippen molar-refractivity contribution < 1.29 is 4.79 Å². The summed E-state index contributed by atoms with van der Waals surface area (Å²) in [7, 11) is 0. The zero-order valence-corrected chi connectivity index (χ0v) is 15.9. The van der Waals surface area contributed by atoms with Crippen molar-refractivity contribution in [3.05, 3.63) is 29.8 Å². The van der Waals surface area contributed by atoms with Crippen LogP contribution in [0.2, 0.25) is 0 Å². The molecule has 3 rings (SSSR count). The second-order valence-corrected chi connectivity index (χ2v) is 8.01. The number of thioether (sulfide) groups is 1. The van der Waals surface area contributed by atoms with Crippen molar-refractivity contribution in [2.75, 3.05) is 5.75 Å². The molecule has 1 aliphatic rings. The van der Waals surface area contributed by atoms with Gasteiger partial charge in [-0.3, -0.25) is 9.89 Å². The number of benzene rings is 1. The van der Waals surface area contributed by atoms with Gasteiger partial charge in [-0.2, -0.15) is 0 Å². The van der Waals surface area contributed by atoms with E-state index in [0.717, 1.165) is 17.8 Å². The molecule has 0 radical (unpaired) electrons. The lowest BCUT2D eigenvalue weighted by atomic mass is 9.78. The minimum absolute atomic E-state index is 0.0673. The number of rotatable bonds is 5. The molecule has 134 valence electrons. The van der Waals surface area contributed by atoms with Crippen LogP contribution in [0, 0.1) is 18.8 Å². The highest BCUT2D eigenvalue weighted by Gasteiger charge is 2.28. The van der Waals surface area contributed by atoms with Gasteiger partial charge in [0.2, 0.25) is 11.1 Å². The predicted octanol–water partition coefficient (Wildman–Crippen LogP) is 3.81. The molecule has 0 saturated heterocycles. The molecular formula is C19H26N4OS. The predicted molar refractivity (Wildman–Crippen MR) is 101 cm³/mol. The molecule has 6 heteroatoms. The van der Waals surface area contributed by atoms with Gasteiger partial charge in [0.05, 0.1) is 5.75 Å². The van der Waals surface area contributed by atoms with Crippen molar-refractivity contribution in [1.82, 2.24) is 20.5 Å². The van der Waals surface area contributed by atoms with Crippen molar-refractivity contribution in [2.45, 2.75) is 51.2 Å². The molecule has 2 N–H and O–H groups in total. The Kier molecular flexibility index (Phi) is 5.78. The highest BCUT2D eigenvalue weighted by molar-refractivity contribution is 7.99. The minimum Gasteiger partial charge on any atom is -0.352 e. The molecule has 1 aromatic carbocycles. The van der Waals surface area contributed by atoms with E-state index in [2.05, 4.69) is 41.3 Å². The number of carbonyl (C=O) groups is 1. The first-order chi connectivity index (χ1) is 12.0. The average molecular weight is 359 g/mol. The van der Waals surface area contributed by atoms with Crippen molar-refractivity contribution in [1.29, 1.82) is 0 Å². The molecule has 3 atom stereocenters. The highest BCUT2D eigenvalue weighted by Crippen LogP contribution is 2.29. The van der Waals surface area contributed by atoms with Crippen molar-refractivity contribution in [3.8, 4) is 11.4 Å². The van der Waals surface area contributed by atoms with Gasteiger partial charge in [-0.15, -0.1) is 5.10 Å². The molecule has 0 spiro atoms. The van der Waals surface area contributed by atoms with E-state index in [0.29, 0.717) is 28.8 Å². The molecule has 1 saturated carbocycles. The largest absolute Gasteiger partial charge is 0.352 e. The first-order valence-corrected chi connectivity index (χ1v) is 9.93. The summed E-state index contributed by atoms with van der Waals surface area (Å²) in [6.07, 6.45) is 3.55. The summed E-state index contributed by atoms with van der Waals surface area (Å²) >= 11 is 1.37. The summed E-state index contributed by atoms with van der Waals surface area (Å²) < 4.78 is 0. The van der Waals surface area contributed by atoms with Crippen LogP contribution in [0.3, 0.4) is 0 Å². The average Bonchev–Trinajstić information content (AvgIpc) is 3.07.